The molecule has 2 fully saturated rings. The fourth-order valence-electron chi connectivity index (χ4n) is 2.65. The van der Waals surface area contributed by atoms with Crippen LogP contribution in [0, 0.1) is 5.92 Å². The molecule has 1 aliphatic carbocycles. The highest BCUT2D eigenvalue weighted by Crippen LogP contribution is 2.57. The maximum atomic E-state index is 11.8. The number of nitrogens with one attached hydrogen (secondary N) is 2. The Morgan fingerprint density at radius 1 is 1.33 bits per heavy atom. The van der Waals surface area contributed by atoms with Crippen molar-refractivity contribution < 1.29 is 14.4 Å². The van der Waals surface area contributed by atoms with Gasteiger partial charge in [0.1, 0.15) is 0 Å². The first-order valence-electron chi connectivity index (χ1n) is 5.77. The molecule has 5 heteroatoms. The molecule has 2 aliphatic rings. The minimum Gasteiger partial charge on any atom is -0.326 e. The molecule has 18 heavy (non-hydrogen) atoms. The van der Waals surface area contributed by atoms with Gasteiger partial charge in [-0.25, -0.2) is 0 Å². The van der Waals surface area contributed by atoms with Gasteiger partial charge in [-0.15, -0.1) is 0 Å². The van der Waals surface area contributed by atoms with Crippen molar-refractivity contribution in [3.05, 3.63) is 29.8 Å². The lowest BCUT2D eigenvalue weighted by Gasteiger charge is -2.11. The van der Waals surface area contributed by atoms with Gasteiger partial charge in [-0.05, 0) is 24.1 Å². The normalized spacial score (nSPS) is 28.6. The number of piperidine rings is 1. The Morgan fingerprint density at radius 2 is 2.00 bits per heavy atom. The van der Waals surface area contributed by atoms with Gasteiger partial charge in [-0.3, -0.25) is 19.7 Å². The zero-order valence-electron chi connectivity index (χ0n) is 9.82. The topological polar surface area (TPSA) is 75.3 Å². The Labute approximate surface area is 104 Å². The predicted molar refractivity (Wildman–Crippen MR) is 63.7 cm³/mol. The van der Waals surface area contributed by atoms with E-state index in [1.165, 1.54) is 6.92 Å². The second-order valence-electron chi connectivity index (χ2n) is 4.80. The van der Waals surface area contributed by atoms with Crippen LogP contribution in [0.2, 0.25) is 0 Å². The van der Waals surface area contributed by atoms with Crippen LogP contribution in [0.1, 0.15) is 18.9 Å². The van der Waals surface area contributed by atoms with E-state index >= 15 is 0 Å². The van der Waals surface area contributed by atoms with Gasteiger partial charge >= 0.3 is 0 Å². The fourth-order valence-corrected chi connectivity index (χ4v) is 2.65. The molecule has 1 aliphatic heterocycles. The van der Waals surface area contributed by atoms with Gasteiger partial charge in [-0.2, -0.15) is 0 Å². The van der Waals surface area contributed by atoms with E-state index in [-0.39, 0.29) is 23.6 Å². The van der Waals surface area contributed by atoms with Crippen LogP contribution in [0.25, 0.3) is 0 Å². The van der Waals surface area contributed by atoms with Gasteiger partial charge < -0.3 is 5.32 Å². The van der Waals surface area contributed by atoms with Crippen molar-refractivity contribution in [1.29, 1.82) is 0 Å². The summed E-state index contributed by atoms with van der Waals surface area (Å²) in [5.41, 5.74) is 0.876. The molecule has 92 valence electrons. The monoisotopic (exact) mass is 244 g/mol. The number of imide groups is 1. The van der Waals surface area contributed by atoms with E-state index < -0.39 is 5.41 Å². The number of hydrogen-bond donors (Lipinski definition) is 2. The number of fused-ring (bicyclic) bond motifs is 1. The minimum absolute atomic E-state index is 0.140. The van der Waals surface area contributed by atoms with Gasteiger partial charge in [-0.1, -0.05) is 12.1 Å². The summed E-state index contributed by atoms with van der Waals surface area (Å²) in [7, 11) is 0. The van der Waals surface area contributed by atoms with E-state index in [4.69, 9.17) is 0 Å². The number of carbonyl (C=O) groups is 3. The van der Waals surface area contributed by atoms with Gasteiger partial charge in [0.2, 0.25) is 17.7 Å². The maximum absolute atomic E-state index is 11.8. The predicted octanol–water partition coefficient (Wildman–Crippen LogP) is 0.559. The summed E-state index contributed by atoms with van der Waals surface area (Å²) in [5, 5.41) is 5.02. The average Bonchev–Trinajstić information content (AvgIpc) is 3.00. The average molecular weight is 244 g/mol. The highest BCUT2D eigenvalue weighted by Gasteiger charge is 2.69. The summed E-state index contributed by atoms with van der Waals surface area (Å²) in [6.45, 7) is 1.44. The van der Waals surface area contributed by atoms with Crippen molar-refractivity contribution in [3.63, 3.8) is 0 Å². The quantitative estimate of drug-likeness (QED) is 0.746. The molecule has 1 aromatic carbocycles. The molecule has 5 nitrogen and oxygen atoms in total. The van der Waals surface area contributed by atoms with Crippen LogP contribution in [-0.2, 0) is 19.8 Å². The summed E-state index contributed by atoms with van der Waals surface area (Å²) in [6.07, 6.45) is 0.594. The van der Waals surface area contributed by atoms with E-state index in [2.05, 4.69) is 10.6 Å². The molecular weight excluding hydrogens is 232 g/mol. The van der Waals surface area contributed by atoms with Crippen molar-refractivity contribution in [1.82, 2.24) is 5.32 Å². The zero-order valence-corrected chi connectivity index (χ0v) is 9.82. The summed E-state index contributed by atoms with van der Waals surface area (Å²) >= 11 is 0. The van der Waals surface area contributed by atoms with Crippen LogP contribution in [-0.4, -0.2) is 17.7 Å². The summed E-state index contributed by atoms with van der Waals surface area (Å²) in [6, 6.07) is 7.08. The number of rotatable bonds is 2. The van der Waals surface area contributed by atoms with E-state index in [0.29, 0.717) is 12.1 Å². The molecule has 1 heterocycles. The van der Waals surface area contributed by atoms with Crippen LogP contribution in [0.3, 0.4) is 0 Å². The van der Waals surface area contributed by atoms with E-state index in [0.717, 1.165) is 5.56 Å². The van der Waals surface area contributed by atoms with Crippen LogP contribution >= 0.6 is 0 Å². The Bertz CT molecular complexity index is 564. The largest absolute Gasteiger partial charge is 0.326 e. The molecule has 0 bridgehead atoms. The number of anilines is 1. The van der Waals surface area contributed by atoms with Crippen LogP contribution < -0.4 is 10.6 Å². The summed E-state index contributed by atoms with van der Waals surface area (Å²) in [5.74, 6) is -0.730. The van der Waals surface area contributed by atoms with Gasteiger partial charge in [0.25, 0.3) is 0 Å². The molecule has 1 saturated heterocycles. The van der Waals surface area contributed by atoms with Crippen LogP contribution in [0.4, 0.5) is 5.69 Å². The van der Waals surface area contributed by atoms with E-state index in [1.54, 1.807) is 24.3 Å². The lowest BCUT2D eigenvalue weighted by Crippen LogP contribution is -2.30. The third kappa shape index (κ3) is 1.37. The van der Waals surface area contributed by atoms with E-state index in [1.807, 2.05) is 0 Å². The molecule has 1 saturated carbocycles. The molecule has 2 atom stereocenters. The Morgan fingerprint density at radius 3 is 2.44 bits per heavy atom. The third-order valence-electron chi connectivity index (χ3n) is 3.64. The second-order valence-corrected chi connectivity index (χ2v) is 4.80. The molecule has 2 N–H and O–H groups in total. The molecular formula is C13H12N2O3. The maximum Gasteiger partial charge on any atom is 0.238 e. The molecule has 0 radical (unpaired) electrons. The second kappa shape index (κ2) is 3.41. The molecule has 3 rings (SSSR count). The van der Waals surface area contributed by atoms with Crippen LogP contribution in [0.15, 0.2) is 24.3 Å². The number of amides is 3. The number of benzene rings is 1. The van der Waals surface area contributed by atoms with Crippen molar-refractivity contribution in [2.75, 3.05) is 5.32 Å². The zero-order chi connectivity index (χ0) is 12.9. The first kappa shape index (κ1) is 11.0. The number of hydrogen-bond acceptors (Lipinski definition) is 3. The standard InChI is InChI=1S/C13H12N2O3/c1-7(16)14-9-4-2-8(3-5-9)13-6-10(13)11(17)15-12(13)18/h2-5,10H,6H2,1H3,(H,14,16)(H,15,17,18). The lowest BCUT2D eigenvalue weighted by molar-refractivity contribution is -0.127. The SMILES string of the molecule is CC(=O)Nc1ccc(C23CC2C(=O)NC3=O)cc1. The van der Waals surface area contributed by atoms with Crippen molar-refractivity contribution in [2.45, 2.75) is 18.8 Å². The van der Waals surface area contributed by atoms with E-state index in [9.17, 15) is 14.4 Å². The lowest BCUT2D eigenvalue weighted by atomic mass is 9.94. The fraction of sp³-hybridized carbons (Fsp3) is 0.308. The van der Waals surface area contributed by atoms with Crippen molar-refractivity contribution in [2.24, 2.45) is 5.92 Å². The highest BCUT2D eigenvalue weighted by atomic mass is 16.2. The molecule has 0 spiro atoms. The molecule has 2 unspecified atom stereocenters. The Balaban J connectivity index is 1.89. The molecule has 3 amide bonds. The molecule has 0 aromatic heterocycles. The highest BCUT2D eigenvalue weighted by molar-refractivity contribution is 6.15. The van der Waals surface area contributed by atoms with Crippen molar-refractivity contribution in [3.8, 4) is 0 Å². The smallest absolute Gasteiger partial charge is 0.238 e. The van der Waals surface area contributed by atoms with Gasteiger partial charge in [0.05, 0.1) is 11.3 Å². The van der Waals surface area contributed by atoms with Crippen LogP contribution in [0.5, 0.6) is 0 Å². The Kier molecular flexibility index (Phi) is 2.08. The first-order chi connectivity index (χ1) is 8.54. The van der Waals surface area contributed by atoms with Gasteiger partial charge in [0.15, 0.2) is 0 Å². The van der Waals surface area contributed by atoms with Gasteiger partial charge in [0, 0.05) is 12.6 Å². The minimum atomic E-state index is -0.647. The third-order valence-corrected chi connectivity index (χ3v) is 3.64. The summed E-state index contributed by atoms with van der Waals surface area (Å²) < 4.78 is 0. The molecule has 1 aromatic rings. The first-order valence-corrected chi connectivity index (χ1v) is 5.77. The Hall–Kier alpha value is -2.17. The van der Waals surface area contributed by atoms with Crippen molar-refractivity contribution >= 4 is 23.4 Å². The number of carbonyl (C=O) groups excluding carboxylic acids is 3. The summed E-state index contributed by atoms with van der Waals surface area (Å²) in [4.78, 5) is 34.1.